The number of hydrogen-bond donors (Lipinski definition) is 21. The molecule has 0 spiro atoms. The summed E-state index contributed by atoms with van der Waals surface area (Å²) in [6.45, 7) is 10.5. The topological polar surface area (TPSA) is 584 Å². The number of para-hydroxylation sites is 1. The second-order valence-electron chi connectivity index (χ2n) is 27.8. The van der Waals surface area contributed by atoms with Crippen molar-refractivity contribution >= 4 is 141 Å². The van der Waals surface area contributed by atoms with Crippen LogP contribution >= 0.6 is 25.3 Å². The summed E-state index contributed by atoms with van der Waals surface area (Å²) in [7, 11) is 0. The van der Waals surface area contributed by atoms with Gasteiger partial charge in [-0.15, -0.1) is 0 Å². The smallest absolute Gasteiger partial charge is 0.246 e. The van der Waals surface area contributed by atoms with Crippen LogP contribution in [-0.2, 0) is 89.6 Å². The molecule has 1 heterocycles. The lowest BCUT2D eigenvalue weighted by Gasteiger charge is -2.35. The van der Waals surface area contributed by atoms with Crippen LogP contribution in [0.5, 0.6) is 0 Å². The van der Waals surface area contributed by atoms with Crippen LogP contribution in [0.4, 0.5) is 0 Å². The summed E-state index contributed by atoms with van der Waals surface area (Å²) in [5.74, 6) is -15.1. The summed E-state index contributed by atoms with van der Waals surface area (Å²) in [6.07, 6.45) is -2.84. The molecule has 16 amide bonds. The third-order valence-corrected chi connectivity index (χ3v) is 17.8. The van der Waals surface area contributed by atoms with E-state index in [2.05, 4.69) is 81.4 Å². The van der Waals surface area contributed by atoms with Crippen molar-refractivity contribution in [3.05, 3.63) is 84.1 Å². The average molecular weight is 1550 g/mol. The van der Waals surface area contributed by atoms with Crippen molar-refractivity contribution in [3.63, 3.8) is 0 Å². The van der Waals surface area contributed by atoms with E-state index in [0.717, 1.165) is 24.6 Å². The predicted octanol–water partition coefficient (Wildman–Crippen LogP) is -3.39. The van der Waals surface area contributed by atoms with Crippen molar-refractivity contribution in [1.29, 1.82) is 0 Å². The van der Waals surface area contributed by atoms with Gasteiger partial charge in [0, 0.05) is 72.7 Å². The van der Waals surface area contributed by atoms with E-state index >= 15 is 14.4 Å². The van der Waals surface area contributed by atoms with E-state index in [4.69, 9.17) is 41.3 Å². The number of nitrogens with one attached hydrogen (secondary N) is 13. The van der Waals surface area contributed by atoms with Gasteiger partial charge in [-0.3, -0.25) is 76.7 Å². The number of amides is 16. The Morgan fingerprint density at radius 1 is 0.491 bits per heavy atom. The average Bonchev–Trinajstić information content (AvgIpc) is 1.45. The first-order valence-corrected chi connectivity index (χ1v) is 36.0. The minimum atomic E-state index is -1.96. The third kappa shape index (κ3) is 29.7. The molecule has 0 aliphatic heterocycles. The van der Waals surface area contributed by atoms with E-state index in [-0.39, 0.29) is 63.9 Å². The highest BCUT2D eigenvalue weighted by Crippen LogP contribution is 2.25. The Labute approximate surface area is 635 Å². The van der Waals surface area contributed by atoms with Crippen molar-refractivity contribution < 1.29 is 81.8 Å². The fourth-order valence-electron chi connectivity index (χ4n) is 11.4. The molecule has 0 aliphatic carbocycles. The Morgan fingerprint density at radius 2 is 1.01 bits per heavy atom. The number of nitrogens with two attached hydrogens (primary N) is 5. The molecule has 0 unspecified atom stereocenters. The molecule has 0 aliphatic rings. The van der Waals surface area contributed by atoms with Gasteiger partial charge in [0.25, 0.3) is 0 Å². The van der Waals surface area contributed by atoms with Gasteiger partial charge in [-0.25, -0.2) is 0 Å². The van der Waals surface area contributed by atoms with E-state index in [9.17, 15) is 67.4 Å². The molecule has 24 N–H and O–H groups in total. The number of hydrogen-bond acceptors (Lipinski definition) is 20. The van der Waals surface area contributed by atoms with E-state index in [1.165, 1.54) is 41.5 Å². The molecule has 4 rings (SSSR count). The maximum atomic E-state index is 15.3. The first-order valence-electron chi connectivity index (χ1n) is 35.1. The number of rotatable bonds is 46. The molecule has 0 saturated carbocycles. The highest BCUT2D eigenvalue weighted by molar-refractivity contribution is 7.82. The zero-order valence-electron chi connectivity index (χ0n) is 61.8. The molecular formula is C71H104N18O17S2. The van der Waals surface area contributed by atoms with Crippen LogP contribution in [-0.4, -0.2) is 200 Å². The summed E-state index contributed by atoms with van der Waals surface area (Å²) in [5, 5.41) is 43.7. The summed E-state index contributed by atoms with van der Waals surface area (Å²) >= 11 is 9.15. The molecule has 0 saturated heterocycles. The molecule has 108 heavy (non-hydrogen) atoms. The number of fused-ring (bicyclic) bond motifs is 2. The largest absolute Gasteiger partial charge is 0.391 e. The Kier molecular flexibility index (Phi) is 35.2. The van der Waals surface area contributed by atoms with Crippen molar-refractivity contribution in [2.45, 2.75) is 214 Å². The van der Waals surface area contributed by atoms with Crippen molar-refractivity contribution in [1.82, 2.24) is 68.8 Å². The lowest BCUT2D eigenvalue weighted by atomic mass is 9.91. The first kappa shape index (κ1) is 90.0. The van der Waals surface area contributed by atoms with Crippen molar-refractivity contribution in [3.8, 4) is 0 Å². The zero-order chi connectivity index (χ0) is 81.0. The quantitative estimate of drug-likeness (QED) is 0.0151. The number of carbonyl (C=O) groups excluding carboxylic acids is 16. The van der Waals surface area contributed by atoms with E-state index in [1.807, 2.05) is 18.2 Å². The van der Waals surface area contributed by atoms with Gasteiger partial charge in [0.05, 0.1) is 19.1 Å². The molecule has 0 bridgehead atoms. The van der Waals surface area contributed by atoms with E-state index in [1.54, 1.807) is 54.7 Å². The van der Waals surface area contributed by atoms with Gasteiger partial charge in [-0.05, 0) is 127 Å². The number of thiol groups is 2. The van der Waals surface area contributed by atoms with Crippen molar-refractivity contribution in [2.24, 2.45) is 28.7 Å². The monoisotopic (exact) mass is 1540 g/mol. The molecule has 0 fully saturated rings. The molecule has 592 valence electrons. The standard InChI is InChI=1S/C71H104N18O17S2/c1-37(90)56(87-61(99)47(24-26-52(73)93)82-66(104)57(69(4,5)107)80-39(3)92)65(103)84-50(33-43-35-78-45-20-12-11-19-44(43)45)63(101)81-48(25-27-53(74)94)62(100)88-58(70(6,7)108)67(105)85-49(32-40-22-23-41-17-9-10-18-42(41)31-40)64(102)89-71(8,28-14-15-29-72)68(106)86-46(21-13-16-30-77-38(2)91)60(98)83-51(34-54(75)95)59(97)79-36-55(76)96/h9-12,17-20,22-23,31,35,37,46-51,56-58,78,90,107-108H,13-16,21,24-30,32-34,36,72H2,1-8H3,(H2,73,93)(H2,74,94)(H2,75,95)(H2,76,96)(H,77,91)(H,79,97)(H,80,92)(H,81,101)(H,82,104)(H,83,98)(H,84,103)(H,85,105)(H,86,106)(H,87,99)(H,88,100)(H,89,102)/t37-,46+,47+,48+,49+,50+,51+,56+,57-,58-,71+/m1/s1. The maximum Gasteiger partial charge on any atom is 0.246 e. The highest BCUT2D eigenvalue weighted by Gasteiger charge is 2.43. The normalized spacial score (nSPS) is 14.8. The van der Waals surface area contributed by atoms with Gasteiger partial charge in [0.15, 0.2) is 0 Å². The Hall–Kier alpha value is -10.4. The SMILES string of the molecule is CC(=O)NCCCC[C@H](NC(=O)[C@](C)(CCCCN)NC(=O)[C@H](Cc1ccc2ccccc2c1)NC(=O)[C@@H](NC(=O)[C@H](CCC(N)=O)NC(=O)[C@H](Cc1c[nH]c2ccccc12)NC(=O)[C@@H](NC(=O)[C@H](CCC(N)=O)NC(=O)[C@@H](NC(C)=O)C(C)(C)S)[C@@H](C)O)C(C)(C)S)C(=O)N[C@@H](CC(N)=O)C(=O)NCC(N)=O. The number of aliphatic hydroxyl groups excluding tert-OH is 1. The number of carbonyl (C=O) groups is 16. The van der Waals surface area contributed by atoms with Crippen LogP contribution in [0.2, 0.25) is 0 Å². The fraction of sp³-hybridized carbons (Fsp3) is 0.521. The number of unbranched alkanes of at least 4 members (excludes halogenated alkanes) is 2. The van der Waals surface area contributed by atoms with Gasteiger partial charge in [-0.2, -0.15) is 25.3 Å². The summed E-state index contributed by atoms with van der Waals surface area (Å²) < 4.78 is -2.78. The minimum absolute atomic E-state index is 0.139. The minimum Gasteiger partial charge on any atom is -0.391 e. The van der Waals surface area contributed by atoms with Crippen LogP contribution in [0.3, 0.4) is 0 Å². The summed E-state index contributed by atoms with van der Waals surface area (Å²) in [5.41, 5.74) is 27.1. The number of primary amides is 4. The molecule has 0 radical (unpaired) electrons. The molecule has 3 aromatic carbocycles. The Bertz CT molecular complexity index is 3920. The molecular weight excluding hydrogens is 1440 g/mol. The number of aromatic nitrogens is 1. The molecule has 11 atom stereocenters. The molecule has 35 nitrogen and oxygen atoms in total. The van der Waals surface area contributed by atoms with Crippen LogP contribution in [0.1, 0.15) is 137 Å². The lowest BCUT2D eigenvalue weighted by molar-refractivity contribution is -0.138. The second kappa shape index (κ2) is 42.2. The third-order valence-electron chi connectivity index (χ3n) is 17.3. The van der Waals surface area contributed by atoms with Gasteiger partial charge in [-0.1, -0.05) is 60.7 Å². The van der Waals surface area contributed by atoms with E-state index in [0.29, 0.717) is 28.5 Å². The lowest BCUT2D eigenvalue weighted by Crippen LogP contribution is -2.65. The van der Waals surface area contributed by atoms with Gasteiger partial charge in [0.1, 0.15) is 59.9 Å². The van der Waals surface area contributed by atoms with Crippen LogP contribution in [0.25, 0.3) is 21.7 Å². The Morgan fingerprint density at radius 3 is 1.57 bits per heavy atom. The number of benzene rings is 3. The first-order chi connectivity index (χ1) is 50.5. The maximum absolute atomic E-state index is 15.3. The van der Waals surface area contributed by atoms with Crippen LogP contribution in [0, 0.1) is 0 Å². The fourth-order valence-corrected chi connectivity index (χ4v) is 11.8. The van der Waals surface area contributed by atoms with Crippen molar-refractivity contribution in [2.75, 3.05) is 19.6 Å². The van der Waals surface area contributed by atoms with Crippen LogP contribution < -0.4 is 92.5 Å². The predicted molar refractivity (Wildman–Crippen MR) is 405 cm³/mol. The summed E-state index contributed by atoms with van der Waals surface area (Å²) in [6, 6.07) is 4.46. The highest BCUT2D eigenvalue weighted by atomic mass is 32.1. The zero-order valence-corrected chi connectivity index (χ0v) is 63.6. The number of H-pyrrole nitrogens is 1. The van der Waals surface area contributed by atoms with Crippen LogP contribution in [0.15, 0.2) is 72.9 Å². The van der Waals surface area contributed by atoms with Gasteiger partial charge < -0.3 is 103 Å². The second-order valence-corrected chi connectivity index (χ2v) is 30.1. The summed E-state index contributed by atoms with van der Waals surface area (Å²) in [4.78, 5) is 221. The molecule has 37 heteroatoms. The Balaban J connectivity index is 1.78. The number of aromatic amines is 1. The van der Waals surface area contributed by atoms with E-state index < -0.39 is 203 Å². The van der Waals surface area contributed by atoms with Gasteiger partial charge in [0.2, 0.25) is 94.5 Å². The molecule has 4 aromatic rings. The van der Waals surface area contributed by atoms with Gasteiger partial charge >= 0.3 is 0 Å². The molecule has 1 aromatic heterocycles. The number of aliphatic hydroxyl groups is 1.